The lowest BCUT2D eigenvalue weighted by Crippen LogP contribution is -2.56. The van der Waals surface area contributed by atoms with Crippen molar-refractivity contribution >= 4 is 17.9 Å². The van der Waals surface area contributed by atoms with E-state index in [0.717, 1.165) is 5.56 Å². The normalized spacial score (nSPS) is 14.2. The van der Waals surface area contributed by atoms with E-state index in [1.54, 1.807) is 26.8 Å². The summed E-state index contributed by atoms with van der Waals surface area (Å²) in [6.45, 7) is 14.2. The fourth-order valence-corrected chi connectivity index (χ4v) is 3.45. The molecule has 0 bridgehead atoms. The molecule has 3 amide bonds. The van der Waals surface area contributed by atoms with Gasteiger partial charge in [0, 0.05) is 12.6 Å². The number of nitrogens with zero attached hydrogens (tertiary/aromatic N) is 1. The van der Waals surface area contributed by atoms with Gasteiger partial charge in [-0.25, -0.2) is 4.79 Å². The van der Waals surface area contributed by atoms with Gasteiger partial charge in [-0.1, -0.05) is 50.1 Å². The Bertz CT molecular complexity index is 803. The van der Waals surface area contributed by atoms with Gasteiger partial charge in [0.25, 0.3) is 0 Å². The number of alkyl carbamates (subject to hydrolysis) is 1. The number of hydrogen-bond acceptors (Lipinski definition) is 5. The zero-order valence-corrected chi connectivity index (χ0v) is 21.3. The van der Waals surface area contributed by atoms with Gasteiger partial charge in [0.2, 0.25) is 11.8 Å². The molecule has 0 heterocycles. The second-order valence-electron chi connectivity index (χ2n) is 9.74. The van der Waals surface area contributed by atoms with Gasteiger partial charge in [-0.2, -0.15) is 0 Å². The topological polar surface area (TPSA) is 108 Å². The molecule has 1 aromatic rings. The van der Waals surface area contributed by atoms with Crippen LogP contribution in [0.3, 0.4) is 0 Å². The van der Waals surface area contributed by atoms with Crippen LogP contribution in [0, 0.1) is 12.8 Å². The molecular weight excluding hydrogens is 422 g/mol. The third-order valence-electron chi connectivity index (χ3n) is 5.12. The largest absolute Gasteiger partial charge is 0.444 e. The van der Waals surface area contributed by atoms with Gasteiger partial charge in [-0.05, 0) is 53.0 Å². The summed E-state index contributed by atoms with van der Waals surface area (Å²) in [4.78, 5) is 40.9. The highest BCUT2D eigenvalue weighted by molar-refractivity contribution is 5.92. The number of hydrogen-bond donors (Lipinski definition) is 3. The number of carbonyl (C=O) groups is 3. The molecule has 8 heteroatoms. The van der Waals surface area contributed by atoms with E-state index in [1.165, 1.54) is 4.90 Å². The van der Waals surface area contributed by atoms with Gasteiger partial charge in [-0.3, -0.25) is 9.59 Å². The fraction of sp³-hybridized carbons (Fsp3) is 0.640. The Morgan fingerprint density at radius 3 is 2.24 bits per heavy atom. The van der Waals surface area contributed by atoms with Gasteiger partial charge in [-0.15, -0.1) is 0 Å². The van der Waals surface area contributed by atoms with Crippen LogP contribution in [0.15, 0.2) is 24.3 Å². The van der Waals surface area contributed by atoms with E-state index < -0.39 is 29.7 Å². The van der Waals surface area contributed by atoms with Gasteiger partial charge < -0.3 is 25.4 Å². The summed E-state index contributed by atoms with van der Waals surface area (Å²) in [6.07, 6.45) is -0.0872. The first kappa shape index (κ1) is 28.4. The van der Waals surface area contributed by atoms with Crippen molar-refractivity contribution in [3.8, 4) is 0 Å². The highest BCUT2D eigenvalue weighted by Crippen LogP contribution is 2.25. The van der Waals surface area contributed by atoms with Gasteiger partial charge >= 0.3 is 6.09 Å². The summed E-state index contributed by atoms with van der Waals surface area (Å²) in [6, 6.07) is 5.35. The van der Waals surface area contributed by atoms with Crippen LogP contribution >= 0.6 is 0 Å². The molecule has 0 radical (unpaired) electrons. The Morgan fingerprint density at radius 1 is 1.12 bits per heavy atom. The molecule has 3 atom stereocenters. The maximum atomic E-state index is 13.8. The first-order valence-electron chi connectivity index (χ1n) is 11.6. The lowest BCUT2D eigenvalue weighted by molar-refractivity contribution is -0.144. The Kier molecular flexibility index (Phi) is 10.8. The van der Waals surface area contributed by atoms with Crippen LogP contribution in [0.5, 0.6) is 0 Å². The van der Waals surface area contributed by atoms with Crippen LogP contribution < -0.4 is 10.6 Å². The van der Waals surface area contributed by atoms with E-state index in [1.807, 2.05) is 52.8 Å². The Morgan fingerprint density at radius 2 is 1.76 bits per heavy atom. The van der Waals surface area contributed by atoms with Crippen molar-refractivity contribution in [3.05, 3.63) is 35.4 Å². The van der Waals surface area contributed by atoms with Crippen molar-refractivity contribution < 1.29 is 24.2 Å². The Hall–Kier alpha value is -2.61. The predicted octanol–water partition coefficient (Wildman–Crippen LogP) is 3.32. The molecule has 0 aliphatic carbocycles. The maximum absolute atomic E-state index is 13.8. The summed E-state index contributed by atoms with van der Waals surface area (Å²) in [7, 11) is 0. The predicted molar refractivity (Wildman–Crippen MR) is 129 cm³/mol. The highest BCUT2D eigenvalue weighted by atomic mass is 16.6. The van der Waals surface area contributed by atoms with Crippen molar-refractivity contribution in [2.45, 2.75) is 85.5 Å². The van der Waals surface area contributed by atoms with Crippen LogP contribution in [0.2, 0.25) is 0 Å². The minimum absolute atomic E-state index is 0.0636. The van der Waals surface area contributed by atoms with E-state index in [9.17, 15) is 19.5 Å². The smallest absolute Gasteiger partial charge is 0.408 e. The zero-order chi connectivity index (χ0) is 25.3. The standard InChI is InChI=1S/C25H41N3O5/c1-9-18(5)20(27-24(32)33-25(6,7)8)23(31)28(13-14-29)21(22(30)26-16(2)3)19-12-10-11-17(4)15-19/h10-12,15-16,18,20-21,29H,9,13-14H2,1-8H3,(H,26,30)(H,27,32). The van der Waals surface area contributed by atoms with Crippen molar-refractivity contribution in [3.63, 3.8) is 0 Å². The molecule has 0 aliphatic heterocycles. The molecule has 0 fully saturated rings. The van der Waals surface area contributed by atoms with Crippen LogP contribution in [-0.2, 0) is 14.3 Å². The number of aryl methyl sites for hydroxylation is 1. The molecule has 1 aromatic carbocycles. The number of ether oxygens (including phenoxy) is 1. The number of amides is 3. The van der Waals surface area contributed by atoms with Crippen LogP contribution in [0.4, 0.5) is 4.79 Å². The maximum Gasteiger partial charge on any atom is 0.408 e. The van der Waals surface area contributed by atoms with E-state index in [4.69, 9.17) is 4.74 Å². The zero-order valence-electron chi connectivity index (χ0n) is 21.3. The van der Waals surface area contributed by atoms with Crippen LogP contribution in [-0.4, -0.2) is 58.8 Å². The molecular formula is C25H41N3O5. The summed E-state index contributed by atoms with van der Waals surface area (Å²) < 4.78 is 5.36. The highest BCUT2D eigenvalue weighted by Gasteiger charge is 2.38. The minimum Gasteiger partial charge on any atom is -0.444 e. The Labute approximate surface area is 198 Å². The lowest BCUT2D eigenvalue weighted by atomic mass is 9.95. The molecule has 186 valence electrons. The van der Waals surface area contributed by atoms with Crippen LogP contribution in [0.1, 0.15) is 72.1 Å². The average Bonchev–Trinajstić information content (AvgIpc) is 2.68. The van der Waals surface area contributed by atoms with Gasteiger partial charge in [0.1, 0.15) is 17.7 Å². The second kappa shape index (κ2) is 12.6. The number of aliphatic hydroxyl groups excluding tert-OH is 1. The van der Waals surface area contributed by atoms with Crippen molar-refractivity contribution in [1.82, 2.24) is 15.5 Å². The van der Waals surface area contributed by atoms with Crippen molar-refractivity contribution in [2.75, 3.05) is 13.2 Å². The SMILES string of the molecule is CCC(C)C(NC(=O)OC(C)(C)C)C(=O)N(CCO)C(C(=O)NC(C)C)c1cccc(C)c1. The molecule has 0 spiro atoms. The summed E-state index contributed by atoms with van der Waals surface area (Å²) in [5.41, 5.74) is 0.853. The molecule has 0 saturated heterocycles. The van der Waals surface area contributed by atoms with Gasteiger partial charge in [0.05, 0.1) is 6.61 Å². The van der Waals surface area contributed by atoms with E-state index >= 15 is 0 Å². The molecule has 3 N–H and O–H groups in total. The fourth-order valence-electron chi connectivity index (χ4n) is 3.45. The third-order valence-corrected chi connectivity index (χ3v) is 5.12. The summed E-state index contributed by atoms with van der Waals surface area (Å²) >= 11 is 0. The number of rotatable bonds is 10. The second-order valence-corrected chi connectivity index (χ2v) is 9.74. The van der Waals surface area contributed by atoms with E-state index in [2.05, 4.69) is 10.6 Å². The van der Waals surface area contributed by atoms with Gasteiger partial charge in [0.15, 0.2) is 0 Å². The molecule has 0 saturated carbocycles. The number of nitrogens with one attached hydrogen (secondary N) is 2. The molecule has 1 rings (SSSR count). The monoisotopic (exact) mass is 463 g/mol. The van der Waals surface area contributed by atoms with Crippen molar-refractivity contribution in [2.24, 2.45) is 5.92 Å². The van der Waals surface area contributed by atoms with E-state index in [-0.39, 0.29) is 31.0 Å². The van der Waals surface area contributed by atoms with Crippen molar-refractivity contribution in [1.29, 1.82) is 0 Å². The Balaban J connectivity index is 3.43. The number of aliphatic hydroxyl groups is 1. The summed E-state index contributed by atoms with van der Waals surface area (Å²) in [5, 5.41) is 15.4. The molecule has 0 aromatic heterocycles. The molecule has 8 nitrogen and oxygen atoms in total. The van der Waals surface area contributed by atoms with E-state index in [0.29, 0.717) is 12.0 Å². The lowest BCUT2D eigenvalue weighted by Gasteiger charge is -2.36. The first-order chi connectivity index (χ1) is 15.3. The molecule has 3 unspecified atom stereocenters. The molecule has 33 heavy (non-hydrogen) atoms. The first-order valence-corrected chi connectivity index (χ1v) is 11.6. The quantitative estimate of drug-likeness (QED) is 0.493. The van der Waals surface area contributed by atoms with Crippen LogP contribution in [0.25, 0.3) is 0 Å². The number of carbonyl (C=O) groups excluding carboxylic acids is 3. The average molecular weight is 464 g/mol. The third kappa shape index (κ3) is 9.04. The molecule has 0 aliphatic rings. The minimum atomic E-state index is -0.959. The summed E-state index contributed by atoms with van der Waals surface area (Å²) in [5.74, 6) is -1.02. The number of benzene rings is 1.